The average Bonchev–Trinajstić information content (AvgIpc) is 2.68. The fraction of sp³-hybridized carbons (Fsp3) is 0.100. The first kappa shape index (κ1) is 18.8. The highest BCUT2D eigenvalue weighted by Crippen LogP contribution is 2.21. The van der Waals surface area contributed by atoms with Crippen LogP contribution < -0.4 is 21.1 Å². The van der Waals surface area contributed by atoms with Gasteiger partial charge in [0, 0.05) is 17.6 Å². The van der Waals surface area contributed by atoms with Crippen LogP contribution in [0, 0.1) is 6.92 Å². The Kier molecular flexibility index (Phi) is 5.50. The summed E-state index contributed by atoms with van der Waals surface area (Å²) in [6.45, 7) is 1.68. The lowest BCUT2D eigenvalue weighted by Crippen LogP contribution is -2.16. The van der Waals surface area contributed by atoms with E-state index in [1.54, 1.807) is 55.5 Å². The molecule has 2 amide bonds. The molecule has 2 aromatic carbocycles. The number of methoxy groups -OCH3 is 1. The summed E-state index contributed by atoms with van der Waals surface area (Å²) in [7, 11) is 1.51. The first-order chi connectivity index (χ1) is 13.5. The Morgan fingerprint density at radius 3 is 2.25 bits per heavy atom. The van der Waals surface area contributed by atoms with Crippen LogP contribution in [-0.4, -0.2) is 28.9 Å². The number of ether oxygens (including phenoxy) is 1. The summed E-state index contributed by atoms with van der Waals surface area (Å²) in [4.78, 5) is 32.8. The van der Waals surface area contributed by atoms with E-state index in [-0.39, 0.29) is 17.8 Å². The van der Waals surface area contributed by atoms with Crippen LogP contribution in [-0.2, 0) is 0 Å². The number of amides is 2. The molecule has 0 unspecified atom stereocenters. The molecular formula is C20H19N5O3. The van der Waals surface area contributed by atoms with Crippen LogP contribution >= 0.6 is 0 Å². The standard InChI is InChI=1S/C20H19N5O3/c1-12-16(11-22-20(21)23-12)19(27)25-14-7-5-6-13(10-14)24-18(26)15-8-3-4-9-17(15)28-2/h3-11H,1-2H3,(H,24,26)(H,25,27)(H2,21,22,23). The Morgan fingerprint density at radius 2 is 1.61 bits per heavy atom. The number of carbonyl (C=O) groups is 2. The van der Waals surface area contributed by atoms with Gasteiger partial charge in [0.1, 0.15) is 5.75 Å². The molecule has 0 atom stereocenters. The summed E-state index contributed by atoms with van der Waals surface area (Å²) in [6, 6.07) is 13.7. The second-order valence-electron chi connectivity index (χ2n) is 5.92. The molecule has 0 saturated carbocycles. The quantitative estimate of drug-likeness (QED) is 0.629. The Labute approximate surface area is 161 Å². The normalized spacial score (nSPS) is 10.2. The van der Waals surface area contributed by atoms with E-state index in [1.165, 1.54) is 13.3 Å². The molecule has 0 saturated heterocycles. The van der Waals surface area contributed by atoms with Crippen molar-refractivity contribution in [3.05, 3.63) is 71.5 Å². The number of aromatic nitrogens is 2. The van der Waals surface area contributed by atoms with E-state index < -0.39 is 0 Å². The highest BCUT2D eigenvalue weighted by molar-refractivity contribution is 6.07. The average molecular weight is 377 g/mol. The molecule has 1 aromatic heterocycles. The Balaban J connectivity index is 1.75. The first-order valence-corrected chi connectivity index (χ1v) is 8.43. The van der Waals surface area contributed by atoms with Crippen molar-refractivity contribution in [1.29, 1.82) is 0 Å². The molecule has 0 aliphatic carbocycles. The van der Waals surface area contributed by atoms with Crippen molar-refractivity contribution in [2.24, 2.45) is 0 Å². The van der Waals surface area contributed by atoms with Gasteiger partial charge >= 0.3 is 0 Å². The van der Waals surface area contributed by atoms with Gasteiger partial charge in [-0.05, 0) is 37.3 Å². The van der Waals surface area contributed by atoms with Gasteiger partial charge < -0.3 is 21.1 Å². The van der Waals surface area contributed by atoms with Gasteiger partial charge in [0.15, 0.2) is 0 Å². The molecular weight excluding hydrogens is 358 g/mol. The molecule has 142 valence electrons. The number of rotatable bonds is 5. The van der Waals surface area contributed by atoms with Gasteiger partial charge in [0.25, 0.3) is 11.8 Å². The van der Waals surface area contributed by atoms with E-state index in [0.29, 0.717) is 33.9 Å². The zero-order valence-electron chi connectivity index (χ0n) is 15.4. The predicted octanol–water partition coefficient (Wildman–Crippen LogP) is 2.88. The second-order valence-corrected chi connectivity index (χ2v) is 5.92. The number of carbonyl (C=O) groups excluding carboxylic acids is 2. The first-order valence-electron chi connectivity index (χ1n) is 8.43. The number of hydrogen-bond acceptors (Lipinski definition) is 6. The third kappa shape index (κ3) is 4.24. The largest absolute Gasteiger partial charge is 0.496 e. The van der Waals surface area contributed by atoms with E-state index in [2.05, 4.69) is 20.6 Å². The molecule has 1 heterocycles. The minimum Gasteiger partial charge on any atom is -0.496 e. The molecule has 0 spiro atoms. The number of nitrogens with one attached hydrogen (secondary N) is 2. The molecule has 0 aliphatic heterocycles. The smallest absolute Gasteiger partial charge is 0.259 e. The van der Waals surface area contributed by atoms with E-state index >= 15 is 0 Å². The summed E-state index contributed by atoms with van der Waals surface area (Å²) in [5, 5.41) is 5.55. The molecule has 28 heavy (non-hydrogen) atoms. The lowest BCUT2D eigenvalue weighted by Gasteiger charge is -2.11. The van der Waals surface area contributed by atoms with Gasteiger partial charge in [-0.25, -0.2) is 9.97 Å². The van der Waals surface area contributed by atoms with E-state index in [4.69, 9.17) is 10.5 Å². The van der Waals surface area contributed by atoms with Crippen molar-refractivity contribution in [2.45, 2.75) is 6.92 Å². The maximum atomic E-state index is 12.5. The van der Waals surface area contributed by atoms with Gasteiger partial charge in [-0.1, -0.05) is 18.2 Å². The van der Waals surface area contributed by atoms with Gasteiger partial charge in [0.2, 0.25) is 5.95 Å². The lowest BCUT2D eigenvalue weighted by atomic mass is 10.1. The fourth-order valence-electron chi connectivity index (χ4n) is 2.61. The number of para-hydroxylation sites is 1. The van der Waals surface area contributed by atoms with Crippen LogP contribution in [0.25, 0.3) is 0 Å². The molecule has 0 fully saturated rings. The molecule has 3 aromatic rings. The van der Waals surface area contributed by atoms with Crippen molar-refractivity contribution in [1.82, 2.24) is 9.97 Å². The molecule has 4 N–H and O–H groups in total. The third-order valence-electron chi connectivity index (χ3n) is 3.97. The second kappa shape index (κ2) is 8.17. The molecule has 8 heteroatoms. The summed E-state index contributed by atoms with van der Waals surface area (Å²) in [5.74, 6) is -0.104. The summed E-state index contributed by atoms with van der Waals surface area (Å²) >= 11 is 0. The third-order valence-corrected chi connectivity index (χ3v) is 3.97. The minimum absolute atomic E-state index is 0.107. The summed E-state index contributed by atoms with van der Waals surface area (Å²) in [5.41, 5.74) is 7.76. The number of anilines is 3. The fourth-order valence-corrected chi connectivity index (χ4v) is 2.61. The van der Waals surface area contributed by atoms with Gasteiger partial charge in [-0.2, -0.15) is 0 Å². The zero-order valence-corrected chi connectivity index (χ0v) is 15.4. The highest BCUT2D eigenvalue weighted by Gasteiger charge is 2.14. The topological polar surface area (TPSA) is 119 Å². The van der Waals surface area contributed by atoms with Crippen molar-refractivity contribution >= 4 is 29.1 Å². The van der Waals surface area contributed by atoms with Crippen LogP contribution in [0.15, 0.2) is 54.7 Å². The molecule has 0 radical (unpaired) electrons. The molecule has 8 nitrogen and oxygen atoms in total. The zero-order chi connectivity index (χ0) is 20.1. The van der Waals surface area contributed by atoms with Crippen molar-refractivity contribution in [2.75, 3.05) is 23.5 Å². The van der Waals surface area contributed by atoms with Gasteiger partial charge in [-0.3, -0.25) is 9.59 Å². The molecule has 0 aliphatic rings. The van der Waals surface area contributed by atoms with Crippen molar-refractivity contribution < 1.29 is 14.3 Å². The van der Waals surface area contributed by atoms with Crippen LogP contribution in [0.3, 0.4) is 0 Å². The SMILES string of the molecule is COc1ccccc1C(=O)Nc1cccc(NC(=O)c2cnc(N)nc2C)c1. The predicted molar refractivity (Wildman–Crippen MR) is 107 cm³/mol. The van der Waals surface area contributed by atoms with Crippen LogP contribution in [0.4, 0.5) is 17.3 Å². The van der Waals surface area contributed by atoms with Crippen LogP contribution in [0.2, 0.25) is 0 Å². The van der Waals surface area contributed by atoms with Crippen LogP contribution in [0.1, 0.15) is 26.4 Å². The highest BCUT2D eigenvalue weighted by atomic mass is 16.5. The Hall–Kier alpha value is -3.94. The Bertz CT molecular complexity index is 1040. The maximum absolute atomic E-state index is 12.5. The van der Waals surface area contributed by atoms with Gasteiger partial charge in [-0.15, -0.1) is 0 Å². The number of benzene rings is 2. The number of aryl methyl sites for hydroxylation is 1. The van der Waals surface area contributed by atoms with Crippen molar-refractivity contribution in [3.63, 3.8) is 0 Å². The number of nitrogens with zero attached hydrogens (tertiary/aromatic N) is 2. The molecule has 3 rings (SSSR count). The summed E-state index contributed by atoms with van der Waals surface area (Å²) in [6.07, 6.45) is 1.38. The maximum Gasteiger partial charge on any atom is 0.259 e. The Morgan fingerprint density at radius 1 is 0.964 bits per heavy atom. The lowest BCUT2D eigenvalue weighted by molar-refractivity contribution is 0.101. The van der Waals surface area contributed by atoms with E-state index in [0.717, 1.165) is 0 Å². The van der Waals surface area contributed by atoms with E-state index in [9.17, 15) is 9.59 Å². The van der Waals surface area contributed by atoms with Crippen molar-refractivity contribution in [3.8, 4) is 5.75 Å². The van der Waals surface area contributed by atoms with E-state index in [1.807, 2.05) is 0 Å². The molecule has 0 bridgehead atoms. The monoisotopic (exact) mass is 377 g/mol. The summed E-state index contributed by atoms with van der Waals surface area (Å²) < 4.78 is 5.21. The van der Waals surface area contributed by atoms with Gasteiger partial charge in [0.05, 0.1) is 23.9 Å². The number of nitrogen functional groups attached to an aromatic ring is 1. The van der Waals surface area contributed by atoms with Crippen LogP contribution in [0.5, 0.6) is 5.75 Å². The minimum atomic E-state index is -0.370. The number of hydrogen-bond donors (Lipinski definition) is 3. The number of nitrogens with two attached hydrogens (primary N) is 1.